The van der Waals surface area contributed by atoms with E-state index < -0.39 is 11.4 Å². The lowest BCUT2D eigenvalue weighted by Gasteiger charge is -2.27. The van der Waals surface area contributed by atoms with Crippen molar-refractivity contribution in [3.63, 3.8) is 0 Å². The first-order valence-corrected chi connectivity index (χ1v) is 6.14. The van der Waals surface area contributed by atoms with Gasteiger partial charge in [0.2, 0.25) is 0 Å². The molecule has 0 saturated heterocycles. The first-order chi connectivity index (χ1) is 8.03. The largest absolute Gasteiger partial charge is 0.468 e. The van der Waals surface area contributed by atoms with Crippen molar-refractivity contribution in [2.45, 2.75) is 51.9 Å². The molecule has 1 saturated carbocycles. The molecule has 0 aromatic heterocycles. The van der Waals surface area contributed by atoms with E-state index in [4.69, 9.17) is 4.74 Å². The van der Waals surface area contributed by atoms with Crippen LogP contribution in [-0.4, -0.2) is 24.6 Å². The smallest absolute Gasteiger partial charge is 0.319 e. The minimum Gasteiger partial charge on any atom is -0.468 e. The third-order valence-corrected chi connectivity index (χ3v) is 3.52. The van der Waals surface area contributed by atoms with Gasteiger partial charge in [0.25, 0.3) is 0 Å². The van der Waals surface area contributed by atoms with Gasteiger partial charge in [-0.15, -0.1) is 0 Å². The second-order valence-corrected chi connectivity index (χ2v) is 4.76. The molecule has 1 rings (SSSR count). The highest BCUT2D eigenvalue weighted by atomic mass is 16.5. The molecule has 1 aliphatic carbocycles. The fourth-order valence-corrected chi connectivity index (χ4v) is 2.43. The summed E-state index contributed by atoms with van der Waals surface area (Å²) in [4.78, 5) is 35.1. The summed E-state index contributed by atoms with van der Waals surface area (Å²) in [5.74, 6) is -0.515. The van der Waals surface area contributed by atoms with E-state index in [0.29, 0.717) is 19.3 Å². The van der Waals surface area contributed by atoms with Crippen LogP contribution >= 0.6 is 0 Å². The fraction of sp³-hybridized carbons (Fsp3) is 0.769. The van der Waals surface area contributed by atoms with Crippen molar-refractivity contribution in [1.29, 1.82) is 0 Å². The maximum absolute atomic E-state index is 12.1. The first kappa shape index (κ1) is 13.9. The van der Waals surface area contributed by atoms with Crippen LogP contribution in [0.25, 0.3) is 0 Å². The summed E-state index contributed by atoms with van der Waals surface area (Å²) in [5.41, 5.74) is -1.06. The van der Waals surface area contributed by atoms with Crippen LogP contribution in [0.4, 0.5) is 0 Å². The number of methoxy groups -OCH3 is 1. The summed E-state index contributed by atoms with van der Waals surface area (Å²) < 4.78 is 4.78. The van der Waals surface area contributed by atoms with Gasteiger partial charge in [-0.25, -0.2) is 0 Å². The summed E-state index contributed by atoms with van der Waals surface area (Å²) >= 11 is 0. The van der Waals surface area contributed by atoms with Crippen molar-refractivity contribution < 1.29 is 19.1 Å². The lowest BCUT2D eigenvalue weighted by atomic mass is 9.75. The second kappa shape index (κ2) is 5.94. The van der Waals surface area contributed by atoms with Gasteiger partial charge in [0, 0.05) is 12.8 Å². The molecule has 0 aromatic rings. The molecule has 1 fully saturated rings. The lowest BCUT2D eigenvalue weighted by Crippen LogP contribution is -2.40. The number of hydrogen-bond acceptors (Lipinski definition) is 4. The van der Waals surface area contributed by atoms with Crippen LogP contribution < -0.4 is 0 Å². The standard InChI is InChI=1S/C13H20O4/c1-10(14)7-9-13(12(16)17-2)8-5-3-4-6-11(13)15/h3-9H2,1-2H3/t13-/m1/s1. The van der Waals surface area contributed by atoms with Crippen molar-refractivity contribution in [2.24, 2.45) is 5.41 Å². The van der Waals surface area contributed by atoms with Crippen molar-refractivity contribution in [3.8, 4) is 0 Å². The molecule has 0 amide bonds. The number of carbonyl (C=O) groups excluding carboxylic acids is 3. The average Bonchev–Trinajstić information content (AvgIpc) is 2.48. The van der Waals surface area contributed by atoms with Crippen LogP contribution in [0, 0.1) is 5.41 Å². The average molecular weight is 240 g/mol. The fourth-order valence-electron chi connectivity index (χ4n) is 2.43. The quantitative estimate of drug-likeness (QED) is 0.428. The van der Waals surface area contributed by atoms with Crippen LogP contribution in [0.15, 0.2) is 0 Å². The number of hydrogen-bond donors (Lipinski definition) is 0. The van der Waals surface area contributed by atoms with Crippen LogP contribution in [0.2, 0.25) is 0 Å². The SMILES string of the molecule is COC(=O)[C@@]1(CCC(C)=O)CCCCCC1=O. The Kier molecular flexibility index (Phi) is 4.85. The highest BCUT2D eigenvalue weighted by Crippen LogP contribution is 2.37. The molecule has 0 radical (unpaired) electrons. The summed E-state index contributed by atoms with van der Waals surface area (Å²) in [6.07, 6.45) is 4.15. The van der Waals surface area contributed by atoms with Crippen molar-refractivity contribution in [3.05, 3.63) is 0 Å². The van der Waals surface area contributed by atoms with Crippen molar-refractivity contribution in [1.82, 2.24) is 0 Å². The van der Waals surface area contributed by atoms with Gasteiger partial charge in [-0.3, -0.25) is 9.59 Å². The van der Waals surface area contributed by atoms with Gasteiger partial charge in [-0.1, -0.05) is 12.8 Å². The van der Waals surface area contributed by atoms with E-state index in [1.54, 1.807) is 0 Å². The number of carbonyl (C=O) groups is 3. The van der Waals surface area contributed by atoms with Crippen LogP contribution in [0.5, 0.6) is 0 Å². The first-order valence-electron chi connectivity index (χ1n) is 6.14. The van der Waals surface area contributed by atoms with Gasteiger partial charge in [-0.05, 0) is 26.2 Å². The minimum atomic E-state index is -1.06. The Balaban J connectivity index is 2.93. The zero-order chi connectivity index (χ0) is 12.9. The molecule has 1 atom stereocenters. The van der Waals surface area contributed by atoms with Crippen molar-refractivity contribution in [2.75, 3.05) is 7.11 Å². The van der Waals surface area contributed by atoms with Gasteiger partial charge in [0.15, 0.2) is 0 Å². The highest BCUT2D eigenvalue weighted by molar-refractivity contribution is 6.04. The summed E-state index contributed by atoms with van der Waals surface area (Å²) in [6, 6.07) is 0. The summed E-state index contributed by atoms with van der Waals surface area (Å²) in [5, 5.41) is 0. The predicted octanol–water partition coefficient (Wildman–Crippen LogP) is 2.05. The number of ether oxygens (including phenoxy) is 1. The molecule has 4 nitrogen and oxygen atoms in total. The maximum Gasteiger partial charge on any atom is 0.319 e. The third kappa shape index (κ3) is 3.14. The van der Waals surface area contributed by atoms with E-state index in [9.17, 15) is 14.4 Å². The van der Waals surface area contributed by atoms with E-state index in [2.05, 4.69) is 0 Å². The number of Topliss-reactive ketones (excluding diaryl/α,β-unsaturated/α-hetero) is 2. The van der Waals surface area contributed by atoms with Gasteiger partial charge >= 0.3 is 5.97 Å². The normalized spacial score (nSPS) is 25.2. The molecule has 17 heavy (non-hydrogen) atoms. The van der Waals surface area contributed by atoms with Crippen LogP contribution in [-0.2, 0) is 19.1 Å². The topological polar surface area (TPSA) is 60.4 Å². The zero-order valence-corrected chi connectivity index (χ0v) is 10.6. The third-order valence-electron chi connectivity index (χ3n) is 3.52. The summed E-state index contributed by atoms with van der Waals surface area (Å²) in [7, 11) is 1.30. The molecule has 0 N–H and O–H groups in total. The monoisotopic (exact) mass is 240 g/mol. The molecule has 0 spiro atoms. The Morgan fingerprint density at radius 2 is 2.00 bits per heavy atom. The molecule has 0 bridgehead atoms. The number of esters is 1. The molecule has 4 heteroatoms. The molecule has 0 aliphatic heterocycles. The van der Waals surface area contributed by atoms with E-state index >= 15 is 0 Å². The maximum atomic E-state index is 12.1. The Labute approximate surface area is 102 Å². The highest BCUT2D eigenvalue weighted by Gasteiger charge is 2.46. The Morgan fingerprint density at radius 3 is 2.59 bits per heavy atom. The molecule has 0 aromatic carbocycles. The Bertz CT molecular complexity index is 321. The Morgan fingerprint density at radius 1 is 1.29 bits per heavy atom. The van der Waals surface area contributed by atoms with Gasteiger partial charge in [-0.2, -0.15) is 0 Å². The molecular formula is C13H20O4. The van der Waals surface area contributed by atoms with Gasteiger partial charge in [0.1, 0.15) is 17.0 Å². The molecule has 1 aliphatic rings. The van der Waals surface area contributed by atoms with E-state index in [-0.39, 0.29) is 18.0 Å². The van der Waals surface area contributed by atoms with Crippen LogP contribution in [0.3, 0.4) is 0 Å². The van der Waals surface area contributed by atoms with Crippen LogP contribution in [0.1, 0.15) is 51.9 Å². The van der Waals surface area contributed by atoms with Crippen molar-refractivity contribution >= 4 is 17.5 Å². The summed E-state index contributed by atoms with van der Waals surface area (Å²) in [6.45, 7) is 1.48. The molecular weight excluding hydrogens is 220 g/mol. The van der Waals surface area contributed by atoms with E-state index in [1.807, 2.05) is 0 Å². The van der Waals surface area contributed by atoms with Gasteiger partial charge < -0.3 is 9.53 Å². The molecule has 96 valence electrons. The molecule has 0 unspecified atom stereocenters. The Hall–Kier alpha value is -1.19. The minimum absolute atomic E-state index is 0.00493. The van der Waals surface area contributed by atoms with E-state index in [0.717, 1.165) is 19.3 Å². The zero-order valence-electron chi connectivity index (χ0n) is 10.6. The second-order valence-electron chi connectivity index (χ2n) is 4.76. The predicted molar refractivity (Wildman–Crippen MR) is 62.5 cm³/mol. The van der Waals surface area contributed by atoms with E-state index in [1.165, 1.54) is 14.0 Å². The lowest BCUT2D eigenvalue weighted by molar-refractivity contribution is -0.159. The number of ketones is 2. The number of rotatable bonds is 4. The molecule has 0 heterocycles. The van der Waals surface area contributed by atoms with Gasteiger partial charge in [0.05, 0.1) is 7.11 Å².